The molecule has 3 rings (SSSR count). The zero-order valence-electron chi connectivity index (χ0n) is 19.2. The summed E-state index contributed by atoms with van der Waals surface area (Å²) in [6.45, 7) is 1.48. The van der Waals surface area contributed by atoms with Crippen molar-refractivity contribution in [2.75, 3.05) is 19.6 Å². The first kappa shape index (κ1) is 27.0. The van der Waals surface area contributed by atoms with E-state index in [1.807, 2.05) is 0 Å². The third-order valence-electron chi connectivity index (χ3n) is 6.26. The van der Waals surface area contributed by atoms with E-state index in [0.29, 0.717) is 12.0 Å². The van der Waals surface area contributed by atoms with Crippen LogP contribution in [0.4, 0.5) is 17.6 Å². The lowest BCUT2D eigenvalue weighted by molar-refractivity contribution is -0.124. The van der Waals surface area contributed by atoms with Crippen molar-refractivity contribution in [1.29, 1.82) is 0 Å². The molecule has 6 nitrogen and oxygen atoms in total. The van der Waals surface area contributed by atoms with Crippen LogP contribution in [0.3, 0.4) is 0 Å². The van der Waals surface area contributed by atoms with Gasteiger partial charge in [-0.05, 0) is 61.5 Å². The molecule has 0 saturated carbocycles. The molecule has 190 valence electrons. The van der Waals surface area contributed by atoms with Crippen LogP contribution in [0.25, 0.3) is 11.1 Å². The monoisotopic (exact) mass is 513 g/mol. The number of hydrogen-bond donors (Lipinski definition) is 1. The summed E-state index contributed by atoms with van der Waals surface area (Å²) in [7, 11) is 0. The van der Waals surface area contributed by atoms with Gasteiger partial charge in [-0.25, -0.2) is 4.39 Å². The quantitative estimate of drug-likeness (QED) is 0.297. The van der Waals surface area contributed by atoms with Crippen LogP contribution in [0.15, 0.2) is 36.4 Å². The molecule has 35 heavy (non-hydrogen) atoms. The van der Waals surface area contributed by atoms with E-state index in [4.69, 9.17) is 0 Å². The number of rotatable bonds is 10. The molecule has 2 aromatic rings. The van der Waals surface area contributed by atoms with Gasteiger partial charge >= 0.3 is 6.18 Å². The molecular formula is C24H25F4N2O4S-. The standard InChI is InChI=1S/C24H26F4N2O4S/c1-15(31)23(2,35(33)34)10-12-30-13-20-19(22(30)32)8-7-18(21(20)25)17-5-3-16(4-6-17)9-11-29-14-24(26,27)28/h3-8,29H,9-14H2,1-2H3,(H,33,34)/p-1. The SMILES string of the molecule is CC(=O)C(C)(CCN1Cc2c(ccc(-c3ccc(CCNCC(F)(F)F)cc3)c2F)C1=O)S(=O)[O-]. The number of benzene rings is 2. The van der Waals surface area contributed by atoms with Crippen molar-refractivity contribution in [3.8, 4) is 11.1 Å². The first-order valence-corrected chi connectivity index (χ1v) is 12.0. The fourth-order valence-electron chi connectivity index (χ4n) is 3.85. The van der Waals surface area contributed by atoms with Gasteiger partial charge in [0.05, 0.1) is 11.3 Å². The van der Waals surface area contributed by atoms with E-state index < -0.39 is 46.1 Å². The van der Waals surface area contributed by atoms with E-state index >= 15 is 4.39 Å². The van der Waals surface area contributed by atoms with Gasteiger partial charge in [-0.1, -0.05) is 30.3 Å². The van der Waals surface area contributed by atoms with Crippen LogP contribution in [-0.4, -0.2) is 55.9 Å². The lowest BCUT2D eigenvalue weighted by atomic mass is 9.98. The van der Waals surface area contributed by atoms with Crippen molar-refractivity contribution in [1.82, 2.24) is 10.2 Å². The minimum absolute atomic E-state index is 0.0244. The maximum atomic E-state index is 15.3. The van der Waals surface area contributed by atoms with Gasteiger partial charge in [-0.3, -0.25) is 13.8 Å². The first-order valence-electron chi connectivity index (χ1n) is 10.9. The Kier molecular flexibility index (Phi) is 8.13. The number of carbonyl (C=O) groups excluding carboxylic acids is 2. The lowest BCUT2D eigenvalue weighted by Gasteiger charge is -2.31. The first-order chi connectivity index (χ1) is 16.3. The summed E-state index contributed by atoms with van der Waals surface area (Å²) in [5.41, 5.74) is 1.99. The van der Waals surface area contributed by atoms with E-state index in [9.17, 15) is 31.5 Å². The topological polar surface area (TPSA) is 89.5 Å². The maximum absolute atomic E-state index is 15.3. The van der Waals surface area contributed by atoms with Gasteiger partial charge < -0.3 is 14.8 Å². The summed E-state index contributed by atoms with van der Waals surface area (Å²) < 4.78 is 73.4. The van der Waals surface area contributed by atoms with Crippen LogP contribution in [0.5, 0.6) is 0 Å². The van der Waals surface area contributed by atoms with Crippen molar-refractivity contribution < 1.29 is 35.9 Å². The normalized spacial score (nSPS) is 16.2. The number of carbonyl (C=O) groups is 2. The highest BCUT2D eigenvalue weighted by Gasteiger charge is 2.36. The van der Waals surface area contributed by atoms with Gasteiger partial charge in [-0.15, -0.1) is 0 Å². The molecule has 2 atom stereocenters. The van der Waals surface area contributed by atoms with Gasteiger partial charge in [0.15, 0.2) is 0 Å². The molecule has 0 aromatic heterocycles. The zero-order valence-corrected chi connectivity index (χ0v) is 20.0. The number of halogens is 4. The number of hydrogen-bond acceptors (Lipinski definition) is 5. The second kappa shape index (κ2) is 10.5. The molecule has 1 aliphatic rings. The predicted octanol–water partition coefficient (Wildman–Crippen LogP) is 3.76. The molecule has 1 amide bonds. The third kappa shape index (κ3) is 6.14. The minimum Gasteiger partial charge on any atom is -0.772 e. The Labute approximate surface area is 203 Å². The number of nitrogens with one attached hydrogen (secondary N) is 1. The molecule has 0 fully saturated rings. The molecule has 1 aliphatic heterocycles. The Balaban J connectivity index is 1.70. The van der Waals surface area contributed by atoms with Gasteiger partial charge in [-0.2, -0.15) is 13.2 Å². The zero-order chi connectivity index (χ0) is 26.0. The number of Topliss-reactive ketones (excluding diaryl/α,β-unsaturated/α-hetero) is 1. The van der Waals surface area contributed by atoms with Gasteiger partial charge in [0.2, 0.25) is 0 Å². The van der Waals surface area contributed by atoms with Gasteiger partial charge in [0.1, 0.15) is 11.6 Å². The van der Waals surface area contributed by atoms with Crippen molar-refractivity contribution in [2.45, 2.75) is 44.2 Å². The molecular weight excluding hydrogens is 488 g/mol. The van der Waals surface area contributed by atoms with Crippen LogP contribution in [0.2, 0.25) is 0 Å². The highest BCUT2D eigenvalue weighted by atomic mass is 32.2. The van der Waals surface area contributed by atoms with Crippen LogP contribution in [-0.2, 0) is 28.8 Å². The molecule has 0 aliphatic carbocycles. The van der Waals surface area contributed by atoms with Crippen LogP contribution in [0, 0.1) is 5.82 Å². The molecule has 11 heteroatoms. The van der Waals surface area contributed by atoms with Crippen LogP contribution in [0.1, 0.15) is 41.8 Å². The fourth-order valence-corrected chi connectivity index (χ4v) is 4.34. The highest BCUT2D eigenvalue weighted by Crippen LogP contribution is 2.33. The Bertz CT molecular complexity index is 1120. The van der Waals surface area contributed by atoms with Crippen LogP contribution < -0.4 is 5.32 Å². The Morgan fingerprint density at radius 1 is 1.14 bits per heavy atom. The Morgan fingerprint density at radius 2 is 1.77 bits per heavy atom. The predicted molar refractivity (Wildman–Crippen MR) is 122 cm³/mol. The average molecular weight is 514 g/mol. The molecule has 1 N–H and O–H groups in total. The summed E-state index contributed by atoms with van der Waals surface area (Å²) in [5, 5.41) is 2.32. The number of fused-ring (bicyclic) bond motifs is 1. The number of ketones is 1. The highest BCUT2D eigenvalue weighted by molar-refractivity contribution is 7.81. The Hall–Kier alpha value is -2.63. The number of alkyl halides is 3. The van der Waals surface area contributed by atoms with E-state index in [1.54, 1.807) is 24.3 Å². The number of amides is 1. The summed E-state index contributed by atoms with van der Waals surface area (Å²) in [6.07, 6.45) is -4.00. The van der Waals surface area contributed by atoms with E-state index in [1.165, 1.54) is 30.9 Å². The molecule has 0 radical (unpaired) electrons. The molecule has 2 aromatic carbocycles. The maximum Gasteiger partial charge on any atom is 0.401 e. The second-order valence-corrected chi connectivity index (χ2v) is 10.1. The van der Waals surface area contributed by atoms with E-state index in [-0.39, 0.29) is 42.7 Å². The smallest absolute Gasteiger partial charge is 0.401 e. The average Bonchev–Trinajstić information content (AvgIpc) is 3.11. The largest absolute Gasteiger partial charge is 0.772 e. The van der Waals surface area contributed by atoms with E-state index in [0.717, 1.165) is 5.56 Å². The fraction of sp³-hybridized carbons (Fsp3) is 0.417. The van der Waals surface area contributed by atoms with Gasteiger partial charge in [0.25, 0.3) is 5.91 Å². The Morgan fingerprint density at radius 3 is 2.34 bits per heavy atom. The summed E-state index contributed by atoms with van der Waals surface area (Å²) in [4.78, 5) is 25.9. The van der Waals surface area contributed by atoms with Crippen LogP contribution >= 0.6 is 0 Å². The van der Waals surface area contributed by atoms with Crippen molar-refractivity contribution >= 4 is 22.8 Å². The van der Waals surface area contributed by atoms with Crippen molar-refractivity contribution in [2.24, 2.45) is 0 Å². The summed E-state index contributed by atoms with van der Waals surface area (Å²) >= 11 is -2.67. The summed E-state index contributed by atoms with van der Waals surface area (Å²) in [6, 6.07) is 9.75. The molecule has 0 saturated heterocycles. The van der Waals surface area contributed by atoms with Gasteiger partial charge in [0, 0.05) is 29.8 Å². The minimum atomic E-state index is -4.27. The summed E-state index contributed by atoms with van der Waals surface area (Å²) in [5.74, 6) is -1.54. The number of nitrogens with zero attached hydrogens (tertiary/aromatic N) is 1. The molecule has 0 bridgehead atoms. The lowest BCUT2D eigenvalue weighted by Crippen LogP contribution is -2.42. The van der Waals surface area contributed by atoms with Crippen molar-refractivity contribution in [3.63, 3.8) is 0 Å². The molecule has 2 unspecified atom stereocenters. The molecule has 0 spiro atoms. The molecule has 1 heterocycles. The van der Waals surface area contributed by atoms with Crippen molar-refractivity contribution in [3.05, 3.63) is 58.9 Å². The van der Waals surface area contributed by atoms with E-state index in [2.05, 4.69) is 5.32 Å². The third-order valence-corrected chi connectivity index (χ3v) is 7.49. The second-order valence-electron chi connectivity index (χ2n) is 8.69.